The maximum absolute atomic E-state index is 14.3. The van der Waals surface area contributed by atoms with Crippen LogP contribution in [-0.2, 0) is 20.2 Å². The summed E-state index contributed by atoms with van der Waals surface area (Å²) in [7, 11) is -3.59. The Morgan fingerprint density at radius 2 is 1.90 bits per heavy atom. The van der Waals surface area contributed by atoms with Gasteiger partial charge in [-0.1, -0.05) is 26.7 Å². The van der Waals surface area contributed by atoms with Crippen LogP contribution in [0.25, 0.3) is 0 Å². The zero-order valence-corrected chi connectivity index (χ0v) is 19.7. The first-order valence-corrected chi connectivity index (χ1v) is 13.6. The first-order chi connectivity index (χ1) is 13.5. The van der Waals surface area contributed by atoms with Crippen LogP contribution < -0.4 is 0 Å². The lowest BCUT2D eigenvalue weighted by Crippen LogP contribution is -2.53. The molecule has 0 aromatic carbocycles. The van der Waals surface area contributed by atoms with E-state index in [9.17, 15) is 13.2 Å². The smallest absolute Gasteiger partial charge is 0.247 e. The maximum Gasteiger partial charge on any atom is 0.247 e. The largest absolute Gasteiger partial charge is 0.273 e. The molecule has 1 aromatic heterocycles. The van der Waals surface area contributed by atoms with E-state index in [1.807, 2.05) is 6.92 Å². The molecule has 6 heteroatoms. The monoisotopic (exact) mass is 435 g/mol. The standard InChI is InChI=1S/C23H33NO3S2/c1-15-9-10-19(28-15)22(4,16-7-5-6-8-16)20(25)24-18-13-17-11-12-23(18,21(17,2)3)14-29(24,26)27/h9-10,16-18H,5-8,11-14H2,1-4H3/t17-,18-,22?,23-/m1/s1. The number of carbonyl (C=O) groups is 1. The quantitative estimate of drug-likeness (QED) is 0.680. The third kappa shape index (κ3) is 2.42. The molecule has 4 atom stereocenters. The fraction of sp³-hybridized carbons (Fsp3) is 0.783. The van der Waals surface area contributed by atoms with Gasteiger partial charge in [-0.05, 0) is 75.3 Å². The molecule has 29 heavy (non-hydrogen) atoms. The van der Waals surface area contributed by atoms with Gasteiger partial charge in [0, 0.05) is 15.2 Å². The van der Waals surface area contributed by atoms with Crippen LogP contribution in [0.3, 0.4) is 0 Å². The van der Waals surface area contributed by atoms with Crippen molar-refractivity contribution in [2.24, 2.45) is 22.7 Å². The summed E-state index contributed by atoms with van der Waals surface area (Å²) in [6, 6.07) is 4.00. The minimum Gasteiger partial charge on any atom is -0.273 e. The molecular formula is C23H33NO3S2. The molecule has 3 aliphatic carbocycles. The number of nitrogens with zero attached hydrogens (tertiary/aromatic N) is 1. The second-order valence-corrected chi connectivity index (χ2v) is 13.9. The molecule has 4 fully saturated rings. The van der Waals surface area contributed by atoms with Gasteiger partial charge in [0.2, 0.25) is 15.9 Å². The highest BCUT2D eigenvalue weighted by molar-refractivity contribution is 7.90. The van der Waals surface area contributed by atoms with Crippen LogP contribution >= 0.6 is 11.3 Å². The Balaban J connectivity index is 1.61. The van der Waals surface area contributed by atoms with E-state index in [1.54, 1.807) is 11.3 Å². The molecule has 1 unspecified atom stereocenters. The average molecular weight is 436 g/mol. The molecule has 1 amide bonds. The van der Waals surface area contributed by atoms with Crippen molar-refractivity contribution in [2.75, 3.05) is 5.75 Å². The Kier molecular flexibility index (Phi) is 4.21. The molecule has 2 heterocycles. The van der Waals surface area contributed by atoms with E-state index < -0.39 is 15.4 Å². The molecule has 160 valence electrons. The van der Waals surface area contributed by atoms with Crippen molar-refractivity contribution in [2.45, 2.75) is 84.1 Å². The first kappa shape index (κ1) is 20.0. The molecule has 0 N–H and O–H groups in total. The topological polar surface area (TPSA) is 54.5 Å². The summed E-state index contributed by atoms with van der Waals surface area (Å²) in [5.41, 5.74) is -1.00. The summed E-state index contributed by atoms with van der Waals surface area (Å²) in [5, 5.41) is 0. The van der Waals surface area contributed by atoms with Crippen molar-refractivity contribution in [3.05, 3.63) is 21.9 Å². The van der Waals surface area contributed by atoms with Crippen molar-refractivity contribution in [1.82, 2.24) is 4.31 Å². The second-order valence-electron chi connectivity index (χ2n) is 10.8. The van der Waals surface area contributed by atoms with Gasteiger partial charge in [0.15, 0.2) is 0 Å². The van der Waals surface area contributed by atoms with Crippen LogP contribution in [0.5, 0.6) is 0 Å². The third-order valence-corrected chi connectivity index (χ3v) is 12.6. The number of fused-ring (bicyclic) bond motifs is 1. The highest BCUT2D eigenvalue weighted by atomic mass is 32.2. The SMILES string of the molecule is Cc1ccc(C(C)(C(=O)N2[C@@H]3C[C@H]4CC[C@]3(CS2(=O)=O)C4(C)C)C2CCCC2)s1. The Morgan fingerprint density at radius 1 is 1.21 bits per heavy atom. The molecule has 5 rings (SSSR count). The molecule has 2 bridgehead atoms. The van der Waals surface area contributed by atoms with E-state index in [4.69, 9.17) is 0 Å². The van der Waals surface area contributed by atoms with Crippen molar-refractivity contribution in [3.63, 3.8) is 0 Å². The molecule has 3 saturated carbocycles. The van der Waals surface area contributed by atoms with Gasteiger partial charge in [0.25, 0.3) is 0 Å². The van der Waals surface area contributed by atoms with Crippen molar-refractivity contribution in [1.29, 1.82) is 0 Å². The summed E-state index contributed by atoms with van der Waals surface area (Å²) in [6.45, 7) is 8.59. The fourth-order valence-corrected chi connectivity index (χ4v) is 11.2. The summed E-state index contributed by atoms with van der Waals surface area (Å²) < 4.78 is 28.4. The summed E-state index contributed by atoms with van der Waals surface area (Å²) >= 11 is 1.67. The minimum absolute atomic E-state index is 0.0109. The zero-order valence-electron chi connectivity index (χ0n) is 18.0. The van der Waals surface area contributed by atoms with Crippen LogP contribution in [0.2, 0.25) is 0 Å². The van der Waals surface area contributed by atoms with Gasteiger partial charge in [-0.25, -0.2) is 12.7 Å². The van der Waals surface area contributed by atoms with Gasteiger partial charge in [0.05, 0.1) is 17.2 Å². The Labute approximate surface area is 179 Å². The molecular weight excluding hydrogens is 402 g/mol. The van der Waals surface area contributed by atoms with E-state index in [-0.39, 0.29) is 34.4 Å². The molecule has 4 aliphatic rings. The van der Waals surface area contributed by atoms with Crippen molar-refractivity contribution < 1.29 is 13.2 Å². The molecule has 4 nitrogen and oxygen atoms in total. The number of thiophene rings is 1. The van der Waals surface area contributed by atoms with Crippen LogP contribution in [0.15, 0.2) is 12.1 Å². The lowest BCUT2D eigenvalue weighted by atomic mass is 9.68. The molecule has 0 radical (unpaired) electrons. The van der Waals surface area contributed by atoms with Gasteiger partial charge >= 0.3 is 0 Å². The number of amides is 1. The van der Waals surface area contributed by atoms with Crippen molar-refractivity contribution >= 4 is 27.3 Å². The van der Waals surface area contributed by atoms with Gasteiger partial charge in [-0.3, -0.25) is 4.79 Å². The summed E-state index contributed by atoms with van der Waals surface area (Å²) in [4.78, 5) is 16.5. The van der Waals surface area contributed by atoms with E-state index in [0.29, 0.717) is 5.92 Å². The maximum atomic E-state index is 14.3. The van der Waals surface area contributed by atoms with Crippen LogP contribution in [-0.4, -0.2) is 30.4 Å². The van der Waals surface area contributed by atoms with Gasteiger partial charge in [0.1, 0.15) is 0 Å². The highest BCUT2D eigenvalue weighted by Crippen LogP contribution is 2.70. The Hall–Kier alpha value is -0.880. The van der Waals surface area contributed by atoms with E-state index in [1.165, 1.54) is 9.18 Å². The average Bonchev–Trinajstić information content (AvgIpc) is 3.42. The second kappa shape index (κ2) is 6.09. The number of aryl methyl sites for hydroxylation is 1. The first-order valence-electron chi connectivity index (χ1n) is 11.2. The Bertz CT molecular complexity index is 959. The highest BCUT2D eigenvalue weighted by Gasteiger charge is 2.73. The van der Waals surface area contributed by atoms with Gasteiger partial charge < -0.3 is 0 Å². The molecule has 1 aromatic rings. The zero-order chi connectivity index (χ0) is 20.8. The van der Waals surface area contributed by atoms with E-state index >= 15 is 0 Å². The molecule has 1 aliphatic heterocycles. The third-order valence-electron chi connectivity index (χ3n) is 9.48. The van der Waals surface area contributed by atoms with Crippen LogP contribution in [0, 0.1) is 29.6 Å². The number of carbonyl (C=O) groups excluding carboxylic acids is 1. The van der Waals surface area contributed by atoms with Crippen molar-refractivity contribution in [3.8, 4) is 0 Å². The lowest BCUT2D eigenvalue weighted by molar-refractivity contribution is -0.136. The fourth-order valence-electron chi connectivity index (χ4n) is 7.48. The minimum atomic E-state index is -3.59. The molecule has 1 saturated heterocycles. The summed E-state index contributed by atoms with van der Waals surface area (Å²) in [6.07, 6.45) is 7.18. The molecule has 1 spiro atoms. The predicted octanol–water partition coefficient (Wildman–Crippen LogP) is 4.87. The number of rotatable bonds is 3. The van der Waals surface area contributed by atoms with E-state index in [0.717, 1.165) is 49.8 Å². The van der Waals surface area contributed by atoms with Gasteiger partial charge in [-0.15, -0.1) is 11.3 Å². The predicted molar refractivity (Wildman–Crippen MR) is 116 cm³/mol. The number of sulfonamides is 1. The normalized spacial score (nSPS) is 37.0. The summed E-state index contributed by atoms with van der Waals surface area (Å²) in [5.74, 6) is 0.771. The van der Waals surface area contributed by atoms with Gasteiger partial charge in [-0.2, -0.15) is 0 Å². The number of hydrogen-bond donors (Lipinski definition) is 0. The van der Waals surface area contributed by atoms with Crippen LogP contribution in [0.4, 0.5) is 0 Å². The Morgan fingerprint density at radius 3 is 2.48 bits per heavy atom. The number of hydrogen-bond acceptors (Lipinski definition) is 4. The van der Waals surface area contributed by atoms with E-state index in [2.05, 4.69) is 32.9 Å². The lowest BCUT2D eigenvalue weighted by Gasteiger charge is -2.40. The van der Waals surface area contributed by atoms with Crippen LogP contribution in [0.1, 0.15) is 75.5 Å².